The van der Waals surface area contributed by atoms with E-state index in [0.717, 1.165) is 12.0 Å². The third-order valence-corrected chi connectivity index (χ3v) is 4.31. The van der Waals surface area contributed by atoms with E-state index in [0.29, 0.717) is 29.3 Å². The highest BCUT2D eigenvalue weighted by Crippen LogP contribution is 2.44. The summed E-state index contributed by atoms with van der Waals surface area (Å²) >= 11 is 0. The quantitative estimate of drug-likeness (QED) is 0.780. The van der Waals surface area contributed by atoms with Crippen molar-refractivity contribution in [1.29, 1.82) is 0 Å². The largest absolute Gasteiger partial charge is 0.508 e. The molecule has 2 aromatic heterocycles. The van der Waals surface area contributed by atoms with Gasteiger partial charge in [0, 0.05) is 24.4 Å². The fourth-order valence-electron chi connectivity index (χ4n) is 2.92. The Kier molecular flexibility index (Phi) is 3.54. The summed E-state index contributed by atoms with van der Waals surface area (Å²) in [5.74, 6) is 2.57. The van der Waals surface area contributed by atoms with Gasteiger partial charge in [0.05, 0.1) is 0 Å². The first kappa shape index (κ1) is 13.9. The molecule has 0 radical (unpaired) electrons. The van der Waals surface area contributed by atoms with Crippen LogP contribution in [0.2, 0.25) is 0 Å². The first-order valence-electron chi connectivity index (χ1n) is 7.81. The zero-order valence-electron chi connectivity index (χ0n) is 12.6. The molecule has 1 aliphatic rings. The summed E-state index contributed by atoms with van der Waals surface area (Å²) in [6.45, 7) is 0. The summed E-state index contributed by atoms with van der Waals surface area (Å²) in [7, 11) is 0. The first-order valence-corrected chi connectivity index (χ1v) is 7.81. The Labute approximate surface area is 134 Å². The second-order valence-corrected chi connectivity index (χ2v) is 5.99. The molecule has 2 heterocycles. The highest BCUT2D eigenvalue weighted by Gasteiger charge is 2.33. The van der Waals surface area contributed by atoms with Gasteiger partial charge in [0.1, 0.15) is 5.75 Å². The Balaban J connectivity index is 1.56. The van der Waals surface area contributed by atoms with Gasteiger partial charge >= 0.3 is 0 Å². The molecule has 0 bridgehead atoms. The van der Waals surface area contributed by atoms with Crippen molar-refractivity contribution in [3.05, 3.63) is 60.2 Å². The fraction of sp³-hybridized carbons (Fsp3) is 0.278. The van der Waals surface area contributed by atoms with Crippen molar-refractivity contribution in [2.45, 2.75) is 25.2 Å². The van der Waals surface area contributed by atoms with Crippen molar-refractivity contribution in [3.63, 3.8) is 0 Å². The lowest BCUT2D eigenvalue weighted by Gasteiger charge is -2.14. The molecular weight excluding hydrogens is 290 g/mol. The van der Waals surface area contributed by atoms with Crippen molar-refractivity contribution >= 4 is 0 Å². The van der Waals surface area contributed by atoms with Crippen LogP contribution in [0.3, 0.4) is 0 Å². The van der Waals surface area contributed by atoms with Gasteiger partial charge in [-0.2, -0.15) is 4.98 Å². The van der Waals surface area contributed by atoms with E-state index in [4.69, 9.17) is 4.52 Å². The van der Waals surface area contributed by atoms with E-state index >= 15 is 0 Å². The second-order valence-electron chi connectivity index (χ2n) is 5.99. The number of aromatic nitrogens is 3. The number of hydrogen-bond donors (Lipinski definition) is 1. The van der Waals surface area contributed by atoms with Crippen LogP contribution in [0.5, 0.6) is 5.75 Å². The van der Waals surface area contributed by atoms with Gasteiger partial charge in [-0.05, 0) is 54.5 Å². The predicted molar refractivity (Wildman–Crippen MR) is 84.8 cm³/mol. The highest BCUT2D eigenvalue weighted by atomic mass is 16.5. The van der Waals surface area contributed by atoms with Crippen LogP contribution >= 0.6 is 0 Å². The average molecular weight is 307 g/mol. The molecule has 1 fully saturated rings. The Morgan fingerprint density at radius 3 is 2.52 bits per heavy atom. The summed E-state index contributed by atoms with van der Waals surface area (Å²) in [6.07, 6.45) is 6.63. The minimum Gasteiger partial charge on any atom is -0.508 e. The molecule has 5 heteroatoms. The number of pyridine rings is 1. The number of phenols is 1. The third kappa shape index (κ3) is 3.08. The lowest BCUT2D eigenvalue weighted by Crippen LogP contribution is -2.05. The SMILES string of the molecule is Oc1ccc([C@@H](Cc2nc(-c3ccncc3)no2)C2CC2)cc1. The molecule has 116 valence electrons. The zero-order valence-corrected chi connectivity index (χ0v) is 12.6. The van der Waals surface area contributed by atoms with E-state index in [2.05, 4.69) is 15.1 Å². The maximum atomic E-state index is 9.47. The van der Waals surface area contributed by atoms with Gasteiger partial charge in [0.15, 0.2) is 0 Å². The fourth-order valence-corrected chi connectivity index (χ4v) is 2.92. The van der Waals surface area contributed by atoms with E-state index in [-0.39, 0.29) is 0 Å². The van der Waals surface area contributed by atoms with E-state index in [1.54, 1.807) is 24.5 Å². The molecule has 1 aromatic carbocycles. The molecule has 1 atom stereocenters. The lowest BCUT2D eigenvalue weighted by molar-refractivity contribution is 0.363. The standard InChI is InChI=1S/C18H17N3O2/c22-15-5-3-13(4-6-15)16(12-1-2-12)11-17-20-18(21-23-17)14-7-9-19-10-8-14/h3-10,12,16,22H,1-2,11H2/t16-/m0/s1. The van der Waals surface area contributed by atoms with Gasteiger partial charge in [-0.3, -0.25) is 4.98 Å². The van der Waals surface area contributed by atoms with Crippen molar-refractivity contribution in [2.75, 3.05) is 0 Å². The molecule has 23 heavy (non-hydrogen) atoms. The van der Waals surface area contributed by atoms with E-state index in [1.165, 1.54) is 18.4 Å². The number of hydrogen-bond acceptors (Lipinski definition) is 5. The normalized spacial score (nSPS) is 15.5. The Morgan fingerprint density at radius 1 is 1.09 bits per heavy atom. The number of nitrogens with zero attached hydrogens (tertiary/aromatic N) is 3. The Bertz CT molecular complexity index is 780. The summed E-state index contributed by atoms with van der Waals surface area (Å²) in [4.78, 5) is 8.52. The summed E-state index contributed by atoms with van der Waals surface area (Å²) in [5, 5.41) is 13.5. The van der Waals surface area contributed by atoms with Gasteiger partial charge in [-0.25, -0.2) is 0 Å². The first-order chi connectivity index (χ1) is 11.3. The summed E-state index contributed by atoms with van der Waals surface area (Å²) in [5.41, 5.74) is 2.12. The predicted octanol–water partition coefficient (Wildman–Crippen LogP) is 3.57. The molecule has 0 aliphatic heterocycles. The molecule has 5 nitrogen and oxygen atoms in total. The number of benzene rings is 1. The zero-order chi connectivity index (χ0) is 15.6. The molecular formula is C18H17N3O2. The molecule has 3 aromatic rings. The van der Waals surface area contributed by atoms with Crippen LogP contribution in [-0.4, -0.2) is 20.2 Å². The number of rotatable bonds is 5. The van der Waals surface area contributed by atoms with Crippen molar-refractivity contribution < 1.29 is 9.63 Å². The Morgan fingerprint density at radius 2 is 1.83 bits per heavy atom. The van der Waals surface area contributed by atoms with Crippen LogP contribution < -0.4 is 0 Å². The lowest BCUT2D eigenvalue weighted by atomic mass is 9.91. The second kappa shape index (κ2) is 5.83. The summed E-state index contributed by atoms with van der Waals surface area (Å²) < 4.78 is 5.44. The van der Waals surface area contributed by atoms with E-state index < -0.39 is 0 Å². The van der Waals surface area contributed by atoms with Gasteiger partial charge in [0.25, 0.3) is 0 Å². The van der Waals surface area contributed by atoms with Gasteiger partial charge in [0.2, 0.25) is 11.7 Å². The minimum absolute atomic E-state index is 0.293. The molecule has 1 N–H and O–H groups in total. The Hall–Kier alpha value is -2.69. The third-order valence-electron chi connectivity index (χ3n) is 4.31. The number of phenolic OH excluding ortho intramolecular Hbond substituents is 1. The van der Waals surface area contributed by atoms with E-state index in [1.807, 2.05) is 24.3 Å². The topological polar surface area (TPSA) is 72.0 Å². The summed E-state index contributed by atoms with van der Waals surface area (Å²) in [6, 6.07) is 11.2. The van der Waals surface area contributed by atoms with Gasteiger partial charge in [-0.15, -0.1) is 0 Å². The molecule has 1 aliphatic carbocycles. The van der Waals surface area contributed by atoms with Crippen LogP contribution in [0.1, 0.15) is 30.2 Å². The van der Waals surface area contributed by atoms with Crippen molar-refractivity contribution in [3.8, 4) is 17.1 Å². The highest BCUT2D eigenvalue weighted by molar-refractivity contribution is 5.52. The average Bonchev–Trinajstić information content (AvgIpc) is 3.33. The molecule has 1 saturated carbocycles. The molecule has 0 spiro atoms. The molecule has 0 saturated heterocycles. The smallest absolute Gasteiger partial charge is 0.227 e. The minimum atomic E-state index is 0.293. The van der Waals surface area contributed by atoms with Crippen molar-refractivity contribution in [2.24, 2.45) is 5.92 Å². The number of aromatic hydroxyl groups is 1. The van der Waals surface area contributed by atoms with Crippen LogP contribution in [0, 0.1) is 5.92 Å². The molecule has 0 unspecified atom stereocenters. The van der Waals surface area contributed by atoms with Crippen molar-refractivity contribution in [1.82, 2.24) is 15.1 Å². The van der Waals surface area contributed by atoms with E-state index in [9.17, 15) is 5.11 Å². The van der Waals surface area contributed by atoms with Crippen LogP contribution in [-0.2, 0) is 6.42 Å². The monoisotopic (exact) mass is 307 g/mol. The molecule has 0 amide bonds. The van der Waals surface area contributed by atoms with Crippen LogP contribution in [0.4, 0.5) is 0 Å². The van der Waals surface area contributed by atoms with Crippen LogP contribution in [0.25, 0.3) is 11.4 Å². The van der Waals surface area contributed by atoms with Crippen LogP contribution in [0.15, 0.2) is 53.3 Å². The van der Waals surface area contributed by atoms with Gasteiger partial charge in [-0.1, -0.05) is 17.3 Å². The van der Waals surface area contributed by atoms with Gasteiger partial charge < -0.3 is 9.63 Å². The molecule has 4 rings (SSSR count). The maximum Gasteiger partial charge on any atom is 0.227 e. The maximum absolute atomic E-state index is 9.47.